The summed E-state index contributed by atoms with van der Waals surface area (Å²) in [6, 6.07) is 3.63. The van der Waals surface area contributed by atoms with E-state index in [1.54, 1.807) is 12.3 Å². The largest absolute Gasteiger partial charge is 0.462 e. The van der Waals surface area contributed by atoms with E-state index in [-0.39, 0.29) is 5.91 Å². The van der Waals surface area contributed by atoms with Gasteiger partial charge in [-0.2, -0.15) is 0 Å². The van der Waals surface area contributed by atoms with Crippen LogP contribution in [0.5, 0.6) is 0 Å². The van der Waals surface area contributed by atoms with Gasteiger partial charge in [0, 0.05) is 4.88 Å². The van der Waals surface area contributed by atoms with E-state index >= 15 is 0 Å². The monoisotopic (exact) mass is 264 g/mol. The zero-order chi connectivity index (χ0) is 12.5. The minimum atomic E-state index is -0.168. The highest BCUT2D eigenvalue weighted by Crippen LogP contribution is 2.28. The highest BCUT2D eigenvalue weighted by molar-refractivity contribution is 7.15. The summed E-state index contributed by atoms with van der Waals surface area (Å²) in [6.07, 6.45) is 2.47. The van der Waals surface area contributed by atoms with Gasteiger partial charge in [-0.05, 0) is 25.5 Å². The number of carbonyl (C=O) groups excluding carboxylic acids is 1. The number of amides is 1. The van der Waals surface area contributed by atoms with Crippen LogP contribution in [0.25, 0.3) is 10.8 Å². The summed E-state index contributed by atoms with van der Waals surface area (Å²) < 4.78 is 5.28. The molecule has 1 fully saturated rings. The van der Waals surface area contributed by atoms with Gasteiger partial charge in [-0.25, -0.2) is 10.0 Å². The fraction of sp³-hybridized carbons (Fsp3) is 0.333. The summed E-state index contributed by atoms with van der Waals surface area (Å²) in [7, 11) is 0. The van der Waals surface area contributed by atoms with Gasteiger partial charge < -0.3 is 4.42 Å². The number of rotatable bonds is 2. The highest BCUT2D eigenvalue weighted by atomic mass is 32.1. The first-order chi connectivity index (χ1) is 8.75. The van der Waals surface area contributed by atoms with Gasteiger partial charge >= 0.3 is 0 Å². The molecule has 0 aliphatic carbocycles. The molecular weight excluding hydrogens is 252 g/mol. The Morgan fingerprint density at radius 3 is 3.11 bits per heavy atom. The Kier molecular flexibility index (Phi) is 2.89. The molecule has 1 aliphatic heterocycles. The van der Waals surface area contributed by atoms with E-state index in [2.05, 4.69) is 4.98 Å². The lowest BCUT2D eigenvalue weighted by atomic mass is 10.3. The Morgan fingerprint density at radius 1 is 1.56 bits per heavy atom. The van der Waals surface area contributed by atoms with E-state index in [1.165, 1.54) is 16.4 Å². The molecular formula is C12H12N2O3S. The first-order valence-electron chi connectivity index (χ1n) is 5.72. The van der Waals surface area contributed by atoms with Crippen molar-refractivity contribution in [2.75, 3.05) is 13.2 Å². The summed E-state index contributed by atoms with van der Waals surface area (Å²) in [5.41, 5.74) is 0.452. The Labute approximate surface area is 108 Å². The maximum Gasteiger partial charge on any atom is 0.297 e. The molecule has 3 rings (SSSR count). The van der Waals surface area contributed by atoms with E-state index in [9.17, 15) is 4.79 Å². The molecule has 0 bridgehead atoms. The fourth-order valence-corrected chi connectivity index (χ4v) is 2.70. The predicted molar refractivity (Wildman–Crippen MR) is 66.2 cm³/mol. The standard InChI is InChI=1S/C12H12N2O3S/c1-8-10(12(15)14-5-3-7-17-14)13-11(18-8)9-4-2-6-16-9/h2,4,6H,3,5,7H2,1H3. The van der Waals surface area contributed by atoms with Crippen LogP contribution in [0.4, 0.5) is 0 Å². The number of carbonyl (C=O) groups is 1. The van der Waals surface area contributed by atoms with E-state index in [0.717, 1.165) is 16.3 Å². The smallest absolute Gasteiger partial charge is 0.297 e. The number of aryl methyl sites for hydroxylation is 1. The summed E-state index contributed by atoms with van der Waals surface area (Å²) in [6.45, 7) is 3.11. The zero-order valence-electron chi connectivity index (χ0n) is 9.88. The van der Waals surface area contributed by atoms with Crippen molar-refractivity contribution in [2.24, 2.45) is 0 Å². The second-order valence-corrected chi connectivity index (χ2v) is 5.20. The second kappa shape index (κ2) is 4.55. The highest BCUT2D eigenvalue weighted by Gasteiger charge is 2.25. The van der Waals surface area contributed by atoms with Gasteiger partial charge in [0.2, 0.25) is 0 Å². The van der Waals surface area contributed by atoms with Gasteiger partial charge in [-0.1, -0.05) is 0 Å². The van der Waals surface area contributed by atoms with Crippen LogP contribution in [-0.4, -0.2) is 29.1 Å². The van der Waals surface area contributed by atoms with Gasteiger partial charge in [0.25, 0.3) is 5.91 Å². The van der Waals surface area contributed by atoms with Crippen molar-refractivity contribution >= 4 is 17.2 Å². The normalized spacial score (nSPS) is 15.3. The molecule has 1 aliphatic rings. The van der Waals surface area contributed by atoms with Crippen LogP contribution in [0, 0.1) is 6.92 Å². The van der Waals surface area contributed by atoms with E-state index < -0.39 is 0 Å². The Hall–Kier alpha value is -1.66. The first-order valence-corrected chi connectivity index (χ1v) is 6.53. The maximum atomic E-state index is 12.2. The predicted octanol–water partition coefficient (Wildman–Crippen LogP) is 2.49. The molecule has 1 saturated heterocycles. The number of hydrogen-bond donors (Lipinski definition) is 0. The molecule has 0 unspecified atom stereocenters. The fourth-order valence-electron chi connectivity index (χ4n) is 1.83. The molecule has 3 heterocycles. The Bertz CT molecular complexity index is 556. The lowest BCUT2D eigenvalue weighted by Crippen LogP contribution is -2.27. The van der Waals surface area contributed by atoms with Crippen molar-refractivity contribution in [1.82, 2.24) is 10.0 Å². The van der Waals surface area contributed by atoms with Crippen LogP contribution in [0.3, 0.4) is 0 Å². The molecule has 0 N–H and O–H groups in total. The molecule has 0 spiro atoms. The van der Waals surface area contributed by atoms with E-state index in [1.807, 2.05) is 13.0 Å². The zero-order valence-corrected chi connectivity index (χ0v) is 10.7. The SMILES string of the molecule is Cc1sc(-c2ccco2)nc1C(=O)N1CCCO1. The van der Waals surface area contributed by atoms with Gasteiger partial charge in [0.15, 0.2) is 10.8 Å². The third-order valence-electron chi connectivity index (χ3n) is 2.71. The average molecular weight is 264 g/mol. The van der Waals surface area contributed by atoms with Gasteiger partial charge in [0.1, 0.15) is 5.69 Å². The van der Waals surface area contributed by atoms with Crippen LogP contribution in [0.15, 0.2) is 22.8 Å². The number of hydroxylamine groups is 2. The summed E-state index contributed by atoms with van der Waals surface area (Å²) in [5.74, 6) is 0.517. The van der Waals surface area contributed by atoms with Crippen molar-refractivity contribution in [3.8, 4) is 10.8 Å². The molecule has 2 aromatic heterocycles. The number of nitrogens with zero attached hydrogens (tertiary/aromatic N) is 2. The molecule has 2 aromatic rings. The summed E-state index contributed by atoms with van der Waals surface area (Å²) in [5, 5.41) is 2.11. The number of aromatic nitrogens is 1. The molecule has 0 aromatic carbocycles. The van der Waals surface area contributed by atoms with Gasteiger partial charge in [0.05, 0.1) is 19.4 Å². The maximum absolute atomic E-state index is 12.2. The molecule has 1 amide bonds. The van der Waals surface area contributed by atoms with Gasteiger partial charge in [-0.15, -0.1) is 11.3 Å². The number of furan rings is 1. The van der Waals surface area contributed by atoms with Crippen LogP contribution in [0.2, 0.25) is 0 Å². The molecule has 0 radical (unpaired) electrons. The summed E-state index contributed by atoms with van der Waals surface area (Å²) in [4.78, 5) is 22.6. The number of thiazole rings is 1. The second-order valence-electron chi connectivity index (χ2n) is 4.00. The van der Waals surface area contributed by atoms with Crippen molar-refractivity contribution < 1.29 is 14.0 Å². The van der Waals surface area contributed by atoms with Crippen molar-refractivity contribution in [1.29, 1.82) is 0 Å². The molecule has 18 heavy (non-hydrogen) atoms. The summed E-state index contributed by atoms with van der Waals surface area (Å²) >= 11 is 1.45. The first kappa shape index (κ1) is 11.4. The molecule has 6 heteroatoms. The van der Waals surface area contributed by atoms with Crippen LogP contribution < -0.4 is 0 Å². The minimum Gasteiger partial charge on any atom is -0.462 e. The Balaban J connectivity index is 1.90. The third-order valence-corrected chi connectivity index (χ3v) is 3.70. The minimum absolute atomic E-state index is 0.168. The lowest BCUT2D eigenvalue weighted by molar-refractivity contribution is -0.0771. The molecule has 0 atom stereocenters. The Morgan fingerprint density at radius 2 is 2.44 bits per heavy atom. The van der Waals surface area contributed by atoms with E-state index in [4.69, 9.17) is 9.25 Å². The van der Waals surface area contributed by atoms with Crippen LogP contribution in [-0.2, 0) is 4.84 Å². The van der Waals surface area contributed by atoms with Gasteiger partial charge in [-0.3, -0.25) is 9.63 Å². The average Bonchev–Trinajstić information content (AvgIpc) is 3.10. The molecule has 5 nitrogen and oxygen atoms in total. The molecule has 0 saturated carbocycles. The molecule has 94 valence electrons. The van der Waals surface area contributed by atoms with Crippen LogP contribution in [0.1, 0.15) is 21.8 Å². The lowest BCUT2D eigenvalue weighted by Gasteiger charge is -2.12. The van der Waals surface area contributed by atoms with Crippen molar-refractivity contribution in [3.05, 3.63) is 29.0 Å². The van der Waals surface area contributed by atoms with Crippen molar-refractivity contribution in [2.45, 2.75) is 13.3 Å². The number of hydrogen-bond acceptors (Lipinski definition) is 5. The quantitative estimate of drug-likeness (QED) is 0.836. The van der Waals surface area contributed by atoms with Crippen LogP contribution >= 0.6 is 11.3 Å². The topological polar surface area (TPSA) is 55.6 Å². The van der Waals surface area contributed by atoms with E-state index in [0.29, 0.717) is 24.6 Å². The van der Waals surface area contributed by atoms with Crippen molar-refractivity contribution in [3.63, 3.8) is 0 Å². The third kappa shape index (κ3) is 1.93.